The standard InChI is InChI=1S/C16H20N4O2/c1-11-14(17-7-9-22-11)16(21)19-13-5-3-4-12(10-13)15-18-6-8-20(15)2/h3-6,8,10-11,14,17H,7,9H2,1-2H3,(H,19,21)/t11-,14+/m1/s1. The summed E-state index contributed by atoms with van der Waals surface area (Å²) in [5.41, 5.74) is 1.72. The van der Waals surface area contributed by atoms with E-state index in [2.05, 4.69) is 15.6 Å². The Morgan fingerprint density at radius 2 is 2.36 bits per heavy atom. The molecular weight excluding hydrogens is 280 g/mol. The number of nitrogens with one attached hydrogen (secondary N) is 2. The number of carbonyl (C=O) groups excluding carboxylic acids is 1. The van der Waals surface area contributed by atoms with E-state index in [1.54, 1.807) is 6.20 Å². The molecular formula is C16H20N4O2. The number of hydrogen-bond donors (Lipinski definition) is 2. The second-order valence-electron chi connectivity index (χ2n) is 5.44. The Morgan fingerprint density at radius 1 is 1.50 bits per heavy atom. The maximum atomic E-state index is 12.4. The molecule has 1 aromatic carbocycles. The van der Waals surface area contributed by atoms with Crippen LogP contribution in [0, 0.1) is 0 Å². The predicted octanol–water partition coefficient (Wildman–Crippen LogP) is 1.40. The molecule has 2 N–H and O–H groups in total. The minimum absolute atomic E-state index is 0.0795. The Bertz CT molecular complexity index is 668. The molecule has 2 atom stereocenters. The lowest BCUT2D eigenvalue weighted by Gasteiger charge is -2.29. The van der Waals surface area contributed by atoms with Gasteiger partial charge in [0.15, 0.2) is 0 Å². The Balaban J connectivity index is 1.75. The van der Waals surface area contributed by atoms with Gasteiger partial charge in [0, 0.05) is 37.2 Å². The van der Waals surface area contributed by atoms with Crippen LogP contribution in [0.2, 0.25) is 0 Å². The zero-order chi connectivity index (χ0) is 15.5. The molecule has 22 heavy (non-hydrogen) atoms. The highest BCUT2D eigenvalue weighted by molar-refractivity contribution is 5.95. The van der Waals surface area contributed by atoms with E-state index in [9.17, 15) is 4.79 Å². The monoisotopic (exact) mass is 300 g/mol. The van der Waals surface area contributed by atoms with Crippen molar-refractivity contribution in [2.75, 3.05) is 18.5 Å². The van der Waals surface area contributed by atoms with E-state index in [1.165, 1.54) is 0 Å². The number of amides is 1. The highest BCUT2D eigenvalue weighted by atomic mass is 16.5. The summed E-state index contributed by atoms with van der Waals surface area (Å²) >= 11 is 0. The van der Waals surface area contributed by atoms with Crippen LogP contribution in [0.15, 0.2) is 36.7 Å². The van der Waals surface area contributed by atoms with Crippen LogP contribution in [0.3, 0.4) is 0 Å². The summed E-state index contributed by atoms with van der Waals surface area (Å²) in [6.45, 7) is 3.23. The summed E-state index contributed by atoms with van der Waals surface area (Å²) in [5, 5.41) is 6.13. The third-order valence-corrected chi connectivity index (χ3v) is 3.81. The van der Waals surface area contributed by atoms with Crippen LogP contribution in [-0.4, -0.2) is 40.8 Å². The number of ether oxygens (including phenoxy) is 1. The third-order valence-electron chi connectivity index (χ3n) is 3.81. The van der Waals surface area contributed by atoms with Gasteiger partial charge in [0.2, 0.25) is 5.91 Å². The van der Waals surface area contributed by atoms with Crippen molar-refractivity contribution in [3.63, 3.8) is 0 Å². The topological polar surface area (TPSA) is 68.2 Å². The van der Waals surface area contributed by atoms with Gasteiger partial charge in [-0.05, 0) is 19.1 Å². The van der Waals surface area contributed by atoms with Gasteiger partial charge >= 0.3 is 0 Å². The quantitative estimate of drug-likeness (QED) is 0.899. The minimum Gasteiger partial charge on any atom is -0.375 e. The van der Waals surface area contributed by atoms with E-state index in [4.69, 9.17) is 4.74 Å². The molecule has 2 aromatic rings. The van der Waals surface area contributed by atoms with E-state index < -0.39 is 0 Å². The molecule has 6 nitrogen and oxygen atoms in total. The number of anilines is 1. The first-order valence-electron chi connectivity index (χ1n) is 7.39. The van der Waals surface area contributed by atoms with Gasteiger partial charge in [-0.3, -0.25) is 4.79 Å². The van der Waals surface area contributed by atoms with E-state index in [0.29, 0.717) is 13.2 Å². The molecule has 0 radical (unpaired) electrons. The number of morpholine rings is 1. The summed E-state index contributed by atoms with van der Waals surface area (Å²) in [6, 6.07) is 7.36. The third kappa shape index (κ3) is 3.03. The first kappa shape index (κ1) is 14.7. The largest absolute Gasteiger partial charge is 0.375 e. The fourth-order valence-electron chi connectivity index (χ4n) is 2.63. The zero-order valence-corrected chi connectivity index (χ0v) is 12.7. The molecule has 1 aliphatic heterocycles. The molecule has 116 valence electrons. The molecule has 1 amide bonds. The lowest BCUT2D eigenvalue weighted by atomic mass is 10.1. The van der Waals surface area contributed by atoms with Gasteiger partial charge in [-0.2, -0.15) is 0 Å². The van der Waals surface area contributed by atoms with Crippen LogP contribution < -0.4 is 10.6 Å². The lowest BCUT2D eigenvalue weighted by molar-refractivity contribution is -0.123. The summed E-state index contributed by atoms with van der Waals surface area (Å²) < 4.78 is 7.45. The van der Waals surface area contributed by atoms with Crippen LogP contribution in [0.1, 0.15) is 6.92 Å². The van der Waals surface area contributed by atoms with E-state index in [1.807, 2.05) is 49.0 Å². The predicted molar refractivity (Wildman–Crippen MR) is 84.5 cm³/mol. The molecule has 1 aromatic heterocycles. The van der Waals surface area contributed by atoms with Gasteiger partial charge in [-0.1, -0.05) is 12.1 Å². The molecule has 1 saturated heterocycles. The molecule has 0 unspecified atom stereocenters. The molecule has 0 spiro atoms. The number of rotatable bonds is 3. The minimum atomic E-state index is -0.328. The smallest absolute Gasteiger partial charge is 0.244 e. The number of imidazole rings is 1. The fraction of sp³-hybridized carbons (Fsp3) is 0.375. The average Bonchev–Trinajstić information content (AvgIpc) is 2.94. The van der Waals surface area contributed by atoms with Gasteiger partial charge in [-0.25, -0.2) is 4.98 Å². The van der Waals surface area contributed by atoms with Crippen molar-refractivity contribution in [2.45, 2.75) is 19.1 Å². The summed E-state index contributed by atoms with van der Waals surface area (Å²) in [6.07, 6.45) is 3.52. The average molecular weight is 300 g/mol. The summed E-state index contributed by atoms with van der Waals surface area (Å²) in [4.78, 5) is 16.7. The summed E-state index contributed by atoms with van der Waals surface area (Å²) in [5.74, 6) is 0.785. The highest BCUT2D eigenvalue weighted by Gasteiger charge is 2.28. The highest BCUT2D eigenvalue weighted by Crippen LogP contribution is 2.21. The van der Waals surface area contributed by atoms with Gasteiger partial charge in [-0.15, -0.1) is 0 Å². The second-order valence-corrected chi connectivity index (χ2v) is 5.44. The second kappa shape index (κ2) is 6.29. The molecule has 6 heteroatoms. The molecule has 1 aliphatic rings. The van der Waals surface area contributed by atoms with Crippen molar-refractivity contribution in [1.82, 2.24) is 14.9 Å². The van der Waals surface area contributed by atoms with E-state index in [0.717, 1.165) is 17.1 Å². The number of benzene rings is 1. The number of hydrogen-bond acceptors (Lipinski definition) is 4. The number of aromatic nitrogens is 2. The first-order chi connectivity index (χ1) is 10.6. The molecule has 0 aliphatic carbocycles. The van der Waals surface area contributed by atoms with Crippen LogP contribution in [-0.2, 0) is 16.6 Å². The fourth-order valence-corrected chi connectivity index (χ4v) is 2.63. The van der Waals surface area contributed by atoms with Crippen molar-refractivity contribution < 1.29 is 9.53 Å². The van der Waals surface area contributed by atoms with Crippen LogP contribution >= 0.6 is 0 Å². The Kier molecular flexibility index (Phi) is 4.22. The van der Waals surface area contributed by atoms with Crippen LogP contribution in [0.25, 0.3) is 11.4 Å². The summed E-state index contributed by atoms with van der Waals surface area (Å²) in [7, 11) is 1.94. The molecule has 1 fully saturated rings. The molecule has 2 heterocycles. The van der Waals surface area contributed by atoms with E-state index in [-0.39, 0.29) is 18.1 Å². The number of nitrogens with zero attached hydrogens (tertiary/aromatic N) is 2. The van der Waals surface area contributed by atoms with Crippen LogP contribution in [0.5, 0.6) is 0 Å². The van der Waals surface area contributed by atoms with Crippen molar-refractivity contribution in [2.24, 2.45) is 7.05 Å². The Morgan fingerprint density at radius 3 is 3.09 bits per heavy atom. The van der Waals surface area contributed by atoms with Gasteiger partial charge in [0.1, 0.15) is 11.9 Å². The van der Waals surface area contributed by atoms with Gasteiger partial charge in [0.25, 0.3) is 0 Å². The maximum Gasteiger partial charge on any atom is 0.244 e. The van der Waals surface area contributed by atoms with Gasteiger partial charge < -0.3 is 19.9 Å². The maximum absolute atomic E-state index is 12.4. The number of carbonyl (C=O) groups is 1. The molecule has 0 saturated carbocycles. The van der Waals surface area contributed by atoms with Crippen molar-refractivity contribution in [1.29, 1.82) is 0 Å². The van der Waals surface area contributed by atoms with Crippen molar-refractivity contribution >= 4 is 11.6 Å². The number of aryl methyl sites for hydroxylation is 1. The Hall–Kier alpha value is -2.18. The first-order valence-corrected chi connectivity index (χ1v) is 7.39. The SMILES string of the molecule is C[C@H]1OCCN[C@@H]1C(=O)Nc1cccc(-c2nccn2C)c1. The van der Waals surface area contributed by atoms with Crippen molar-refractivity contribution in [3.8, 4) is 11.4 Å². The van der Waals surface area contributed by atoms with Crippen LogP contribution in [0.4, 0.5) is 5.69 Å². The molecule has 3 rings (SSSR count). The van der Waals surface area contributed by atoms with Crippen molar-refractivity contribution in [3.05, 3.63) is 36.7 Å². The molecule has 0 bridgehead atoms. The van der Waals surface area contributed by atoms with Gasteiger partial charge in [0.05, 0.1) is 12.7 Å². The Labute approximate surface area is 129 Å². The normalized spacial score (nSPS) is 21.5. The lowest BCUT2D eigenvalue weighted by Crippen LogP contribution is -2.53. The zero-order valence-electron chi connectivity index (χ0n) is 12.7. The van der Waals surface area contributed by atoms with E-state index >= 15 is 0 Å².